The number of nitrogens with zero attached hydrogens (tertiary/aromatic N) is 2. The summed E-state index contributed by atoms with van der Waals surface area (Å²) in [5.41, 5.74) is 5.46. The number of aromatic nitrogens is 2. The minimum absolute atomic E-state index is 0.0486. The molecule has 3 aromatic carbocycles. The first kappa shape index (κ1) is 25.9. The molecule has 196 valence electrons. The van der Waals surface area contributed by atoms with Crippen molar-refractivity contribution in [3.63, 3.8) is 0 Å². The zero-order valence-corrected chi connectivity index (χ0v) is 22.5. The summed E-state index contributed by atoms with van der Waals surface area (Å²) < 4.78 is 13.1. The SMILES string of the molecule is CCCCn1c(SCCCC(=O)NCc2ccc3c(c2)OCO3)nc(-c2ccccc2)c1-c1ccccc1. The van der Waals surface area contributed by atoms with Gasteiger partial charge in [-0.3, -0.25) is 4.79 Å². The Bertz CT molecular complexity index is 1360. The molecule has 1 aliphatic rings. The summed E-state index contributed by atoms with van der Waals surface area (Å²) in [4.78, 5) is 17.6. The molecule has 7 heteroatoms. The van der Waals surface area contributed by atoms with Crippen LogP contribution >= 0.6 is 11.8 Å². The zero-order valence-electron chi connectivity index (χ0n) is 21.7. The van der Waals surface area contributed by atoms with Crippen LogP contribution in [0.15, 0.2) is 84.0 Å². The lowest BCUT2D eigenvalue weighted by atomic mass is 10.0. The summed E-state index contributed by atoms with van der Waals surface area (Å²) in [6.07, 6.45) is 3.45. The molecule has 0 aliphatic carbocycles. The number of benzene rings is 3. The number of hydrogen-bond donors (Lipinski definition) is 1. The van der Waals surface area contributed by atoms with Crippen molar-refractivity contribution in [2.75, 3.05) is 12.5 Å². The van der Waals surface area contributed by atoms with Crippen LogP contribution < -0.4 is 14.8 Å². The smallest absolute Gasteiger partial charge is 0.231 e. The van der Waals surface area contributed by atoms with Gasteiger partial charge in [-0.05, 0) is 30.5 Å². The summed E-state index contributed by atoms with van der Waals surface area (Å²) in [5, 5.41) is 4.03. The summed E-state index contributed by atoms with van der Waals surface area (Å²) in [6, 6.07) is 26.7. The molecule has 0 saturated heterocycles. The van der Waals surface area contributed by atoms with Crippen LogP contribution in [-0.2, 0) is 17.9 Å². The van der Waals surface area contributed by atoms with Gasteiger partial charge in [0.1, 0.15) is 0 Å². The molecule has 0 radical (unpaired) electrons. The maximum absolute atomic E-state index is 12.5. The Morgan fingerprint density at radius 2 is 1.68 bits per heavy atom. The summed E-state index contributed by atoms with van der Waals surface area (Å²) in [6.45, 7) is 3.86. The van der Waals surface area contributed by atoms with Crippen molar-refractivity contribution in [2.24, 2.45) is 0 Å². The van der Waals surface area contributed by atoms with Gasteiger partial charge in [0.15, 0.2) is 16.7 Å². The number of amides is 1. The largest absolute Gasteiger partial charge is 0.454 e. The van der Waals surface area contributed by atoms with E-state index in [9.17, 15) is 4.79 Å². The number of carbonyl (C=O) groups excluding carboxylic acids is 1. The molecule has 0 spiro atoms. The molecule has 4 aromatic rings. The van der Waals surface area contributed by atoms with Gasteiger partial charge in [0.05, 0.1) is 11.4 Å². The molecule has 5 rings (SSSR count). The van der Waals surface area contributed by atoms with Gasteiger partial charge < -0.3 is 19.4 Å². The minimum atomic E-state index is 0.0486. The Balaban J connectivity index is 1.24. The summed E-state index contributed by atoms with van der Waals surface area (Å²) in [5.74, 6) is 2.35. The first-order valence-electron chi connectivity index (χ1n) is 13.2. The lowest BCUT2D eigenvalue weighted by molar-refractivity contribution is -0.121. The van der Waals surface area contributed by atoms with E-state index in [1.54, 1.807) is 11.8 Å². The standard InChI is InChI=1S/C31H33N3O3S/c1-2-3-18-34-30(25-13-8-5-9-14-25)29(24-11-6-4-7-12-24)33-31(34)38-19-10-15-28(35)32-21-23-16-17-26-27(20-23)37-22-36-26/h4-9,11-14,16-17,20H,2-3,10,15,18-19,21-22H2,1H3,(H,32,35). The second-order valence-electron chi connectivity index (χ2n) is 9.25. The monoisotopic (exact) mass is 527 g/mol. The van der Waals surface area contributed by atoms with Gasteiger partial charge in [0.2, 0.25) is 12.7 Å². The van der Waals surface area contributed by atoms with Crippen LogP contribution in [0.4, 0.5) is 0 Å². The fourth-order valence-corrected chi connectivity index (χ4v) is 5.45. The normalized spacial score (nSPS) is 12.0. The minimum Gasteiger partial charge on any atom is -0.454 e. The zero-order chi connectivity index (χ0) is 26.2. The first-order valence-corrected chi connectivity index (χ1v) is 14.2. The van der Waals surface area contributed by atoms with Gasteiger partial charge in [-0.2, -0.15) is 0 Å². The number of imidazole rings is 1. The van der Waals surface area contributed by atoms with Crippen molar-refractivity contribution in [1.29, 1.82) is 0 Å². The number of hydrogen-bond acceptors (Lipinski definition) is 5. The van der Waals surface area contributed by atoms with Gasteiger partial charge in [0, 0.05) is 36.4 Å². The molecule has 0 saturated carbocycles. The van der Waals surface area contributed by atoms with Gasteiger partial charge >= 0.3 is 0 Å². The van der Waals surface area contributed by atoms with Crippen LogP contribution in [0.5, 0.6) is 11.5 Å². The molecular formula is C31H33N3O3S. The fourth-order valence-electron chi connectivity index (χ4n) is 4.49. The molecule has 6 nitrogen and oxygen atoms in total. The maximum Gasteiger partial charge on any atom is 0.231 e. The van der Waals surface area contributed by atoms with E-state index in [1.807, 2.05) is 30.3 Å². The third-order valence-electron chi connectivity index (χ3n) is 6.47. The van der Waals surface area contributed by atoms with E-state index in [2.05, 4.69) is 65.3 Å². The third kappa shape index (κ3) is 6.22. The summed E-state index contributed by atoms with van der Waals surface area (Å²) >= 11 is 1.73. The molecule has 1 aliphatic heterocycles. The maximum atomic E-state index is 12.5. The molecule has 1 amide bonds. The molecule has 0 bridgehead atoms. The molecule has 1 aromatic heterocycles. The summed E-state index contributed by atoms with van der Waals surface area (Å²) in [7, 11) is 0. The quantitative estimate of drug-likeness (QED) is 0.160. The molecule has 2 heterocycles. The first-order chi connectivity index (χ1) is 18.7. The van der Waals surface area contributed by atoms with Gasteiger partial charge in [-0.15, -0.1) is 0 Å². The molecule has 38 heavy (non-hydrogen) atoms. The van der Waals surface area contributed by atoms with E-state index < -0.39 is 0 Å². The number of unbranched alkanes of at least 4 members (excludes halogenated alkanes) is 1. The lowest BCUT2D eigenvalue weighted by Crippen LogP contribution is -2.22. The average Bonchev–Trinajstić information content (AvgIpc) is 3.58. The highest BCUT2D eigenvalue weighted by Crippen LogP contribution is 2.36. The van der Waals surface area contributed by atoms with Crippen molar-refractivity contribution >= 4 is 17.7 Å². The van der Waals surface area contributed by atoms with Gasteiger partial charge in [-0.25, -0.2) is 4.98 Å². The molecular weight excluding hydrogens is 494 g/mol. The molecule has 0 atom stereocenters. The van der Waals surface area contributed by atoms with Gasteiger partial charge in [-0.1, -0.05) is 91.8 Å². The second kappa shape index (κ2) is 12.7. The van der Waals surface area contributed by atoms with E-state index >= 15 is 0 Å². The highest BCUT2D eigenvalue weighted by molar-refractivity contribution is 7.99. The van der Waals surface area contributed by atoms with Crippen molar-refractivity contribution in [2.45, 2.75) is 50.9 Å². The highest BCUT2D eigenvalue weighted by atomic mass is 32.2. The Hall–Kier alpha value is -3.71. The predicted molar refractivity (Wildman–Crippen MR) is 152 cm³/mol. The number of carbonyl (C=O) groups is 1. The van der Waals surface area contributed by atoms with Crippen LogP contribution in [0, 0.1) is 0 Å². The lowest BCUT2D eigenvalue weighted by Gasteiger charge is -2.13. The van der Waals surface area contributed by atoms with E-state index in [4.69, 9.17) is 14.5 Å². The molecule has 0 fully saturated rings. The molecule has 0 unspecified atom stereocenters. The van der Waals surface area contributed by atoms with E-state index in [0.29, 0.717) is 13.0 Å². The van der Waals surface area contributed by atoms with E-state index in [0.717, 1.165) is 70.7 Å². The fraction of sp³-hybridized carbons (Fsp3) is 0.290. The van der Waals surface area contributed by atoms with E-state index in [-0.39, 0.29) is 12.7 Å². The Morgan fingerprint density at radius 3 is 2.45 bits per heavy atom. The van der Waals surface area contributed by atoms with Crippen LogP contribution in [-0.4, -0.2) is 28.0 Å². The number of fused-ring (bicyclic) bond motifs is 1. The van der Waals surface area contributed by atoms with Gasteiger partial charge in [0.25, 0.3) is 0 Å². The Kier molecular flexibility index (Phi) is 8.66. The van der Waals surface area contributed by atoms with Crippen LogP contribution in [0.1, 0.15) is 38.2 Å². The average molecular weight is 528 g/mol. The third-order valence-corrected chi connectivity index (χ3v) is 7.53. The number of rotatable bonds is 12. The number of ether oxygens (including phenoxy) is 2. The Morgan fingerprint density at radius 1 is 0.947 bits per heavy atom. The Labute approximate surface area is 228 Å². The molecule has 1 N–H and O–H groups in total. The highest BCUT2D eigenvalue weighted by Gasteiger charge is 2.20. The van der Waals surface area contributed by atoms with Crippen LogP contribution in [0.25, 0.3) is 22.5 Å². The van der Waals surface area contributed by atoms with Crippen LogP contribution in [0.3, 0.4) is 0 Å². The number of thioether (sulfide) groups is 1. The van der Waals surface area contributed by atoms with Crippen molar-refractivity contribution in [3.8, 4) is 34.0 Å². The van der Waals surface area contributed by atoms with Crippen molar-refractivity contribution < 1.29 is 14.3 Å². The van der Waals surface area contributed by atoms with Crippen molar-refractivity contribution in [3.05, 3.63) is 84.4 Å². The topological polar surface area (TPSA) is 65.4 Å². The predicted octanol–water partition coefficient (Wildman–Crippen LogP) is 6.93. The number of nitrogens with one attached hydrogen (secondary N) is 1. The van der Waals surface area contributed by atoms with E-state index in [1.165, 1.54) is 5.56 Å². The second-order valence-corrected chi connectivity index (χ2v) is 10.3. The van der Waals surface area contributed by atoms with Crippen LogP contribution in [0.2, 0.25) is 0 Å². The van der Waals surface area contributed by atoms with Crippen molar-refractivity contribution in [1.82, 2.24) is 14.9 Å².